The largest absolute Gasteiger partial charge is 0.489 e. The number of aromatic nitrogens is 1. The molecule has 10 nitrogen and oxygen atoms in total. The van der Waals surface area contributed by atoms with Gasteiger partial charge in [0.15, 0.2) is 0 Å². The lowest BCUT2D eigenvalue weighted by molar-refractivity contribution is -0.136. The number of fused-ring (bicyclic) bond motifs is 1. The zero-order chi connectivity index (χ0) is 29.2. The van der Waals surface area contributed by atoms with Crippen LogP contribution in [0.15, 0.2) is 60.8 Å². The molecule has 2 aromatic carbocycles. The van der Waals surface area contributed by atoms with Crippen molar-refractivity contribution < 1.29 is 19.1 Å². The Hall–Kier alpha value is -4.75. The van der Waals surface area contributed by atoms with Crippen LogP contribution < -0.4 is 15.0 Å². The molecule has 3 aliphatic rings. The van der Waals surface area contributed by atoms with Crippen LogP contribution in [0.2, 0.25) is 0 Å². The minimum Gasteiger partial charge on any atom is -0.489 e. The number of amides is 3. The second-order valence-electron chi connectivity index (χ2n) is 10.9. The molecule has 3 aliphatic heterocycles. The molecular weight excluding hydrogens is 532 g/mol. The van der Waals surface area contributed by atoms with Crippen molar-refractivity contribution >= 4 is 23.4 Å². The number of rotatable bonds is 7. The Labute approximate surface area is 244 Å². The number of nitrogens with zero attached hydrogens (tertiary/aromatic N) is 5. The molecule has 1 N–H and O–H groups in total. The number of imide groups is 1. The van der Waals surface area contributed by atoms with Gasteiger partial charge in [-0.2, -0.15) is 5.26 Å². The number of carbonyl (C=O) groups is 3. The van der Waals surface area contributed by atoms with Gasteiger partial charge in [-0.3, -0.25) is 24.6 Å². The predicted octanol–water partition coefficient (Wildman–Crippen LogP) is 3.18. The summed E-state index contributed by atoms with van der Waals surface area (Å²) >= 11 is 0. The zero-order valence-corrected chi connectivity index (χ0v) is 23.5. The molecule has 0 aliphatic carbocycles. The number of benzene rings is 2. The van der Waals surface area contributed by atoms with Crippen molar-refractivity contribution in [3.63, 3.8) is 0 Å². The molecule has 2 atom stereocenters. The van der Waals surface area contributed by atoms with Gasteiger partial charge < -0.3 is 14.5 Å². The molecule has 4 heterocycles. The minimum absolute atomic E-state index is 0.210. The van der Waals surface area contributed by atoms with E-state index in [0.29, 0.717) is 30.0 Å². The van der Waals surface area contributed by atoms with E-state index < -0.39 is 11.9 Å². The molecular formula is C32H32N6O4. The number of piperazine rings is 1. The number of carbonyl (C=O) groups excluding carboxylic acids is 3. The van der Waals surface area contributed by atoms with Crippen LogP contribution in [0.3, 0.4) is 0 Å². The predicted molar refractivity (Wildman–Crippen MR) is 154 cm³/mol. The quantitative estimate of drug-likeness (QED) is 0.435. The maximum absolute atomic E-state index is 13.1. The van der Waals surface area contributed by atoms with Crippen molar-refractivity contribution in [3.05, 3.63) is 88.7 Å². The molecule has 6 rings (SSSR count). The average Bonchev–Trinajstić information content (AvgIpc) is 3.36. The fraction of sp³-hybridized carbons (Fsp3) is 0.344. The van der Waals surface area contributed by atoms with Gasteiger partial charge in [0.1, 0.15) is 30.2 Å². The normalized spacial score (nSPS) is 19.7. The highest BCUT2D eigenvalue weighted by atomic mass is 16.5. The van der Waals surface area contributed by atoms with E-state index in [1.54, 1.807) is 24.4 Å². The van der Waals surface area contributed by atoms with Gasteiger partial charge in [0.2, 0.25) is 11.8 Å². The van der Waals surface area contributed by atoms with Crippen LogP contribution in [0.1, 0.15) is 58.5 Å². The van der Waals surface area contributed by atoms with Gasteiger partial charge in [0.05, 0.1) is 18.4 Å². The maximum atomic E-state index is 13.1. The highest BCUT2D eigenvalue weighted by Crippen LogP contribution is 2.34. The van der Waals surface area contributed by atoms with Crippen molar-refractivity contribution in [1.29, 1.82) is 5.26 Å². The van der Waals surface area contributed by atoms with Crippen LogP contribution in [0.4, 0.5) is 5.69 Å². The Morgan fingerprint density at radius 1 is 1.05 bits per heavy atom. The van der Waals surface area contributed by atoms with Crippen LogP contribution >= 0.6 is 0 Å². The fourth-order valence-electron chi connectivity index (χ4n) is 5.96. The summed E-state index contributed by atoms with van der Waals surface area (Å²) in [5, 5.41) is 11.3. The van der Waals surface area contributed by atoms with Crippen LogP contribution in [-0.2, 0) is 22.7 Å². The number of ether oxygens (including phenoxy) is 1. The molecule has 42 heavy (non-hydrogen) atoms. The first kappa shape index (κ1) is 27.4. The van der Waals surface area contributed by atoms with Gasteiger partial charge in [-0.1, -0.05) is 30.3 Å². The molecule has 0 bridgehead atoms. The van der Waals surface area contributed by atoms with Gasteiger partial charge in [-0.05, 0) is 48.7 Å². The topological polar surface area (TPSA) is 119 Å². The Morgan fingerprint density at radius 3 is 2.52 bits per heavy atom. The summed E-state index contributed by atoms with van der Waals surface area (Å²) in [5.41, 5.74) is 5.04. The van der Waals surface area contributed by atoms with Crippen molar-refractivity contribution in [2.24, 2.45) is 0 Å². The number of hydrogen-bond acceptors (Lipinski definition) is 8. The van der Waals surface area contributed by atoms with Gasteiger partial charge in [-0.25, -0.2) is 4.98 Å². The first-order chi connectivity index (χ1) is 20.4. The van der Waals surface area contributed by atoms with Gasteiger partial charge in [-0.15, -0.1) is 0 Å². The third kappa shape index (κ3) is 5.43. The van der Waals surface area contributed by atoms with Crippen molar-refractivity contribution in [3.8, 4) is 11.8 Å². The van der Waals surface area contributed by atoms with E-state index in [0.717, 1.165) is 43.0 Å². The van der Waals surface area contributed by atoms with Crippen molar-refractivity contribution in [1.82, 2.24) is 20.1 Å². The summed E-state index contributed by atoms with van der Waals surface area (Å²) < 4.78 is 6.18. The number of anilines is 1. The highest BCUT2D eigenvalue weighted by Gasteiger charge is 2.40. The molecule has 2 fully saturated rings. The summed E-state index contributed by atoms with van der Waals surface area (Å²) in [5.74, 6) is -0.305. The lowest BCUT2D eigenvalue weighted by Crippen LogP contribution is -2.52. The van der Waals surface area contributed by atoms with Crippen LogP contribution in [0, 0.1) is 11.3 Å². The summed E-state index contributed by atoms with van der Waals surface area (Å²) in [6, 6.07) is 19.2. The lowest BCUT2D eigenvalue weighted by atomic mass is 10.0. The molecule has 2 saturated heterocycles. The van der Waals surface area contributed by atoms with E-state index in [9.17, 15) is 14.4 Å². The SMILES string of the molecule is C[C@H](c1ccc(COc2cccc3c2CN([C@H]2CCC(=O)NC2=O)C3=O)cc1)N1CCN(c2ccc(C#N)nc2)CC1. The van der Waals surface area contributed by atoms with Gasteiger partial charge in [0, 0.05) is 49.8 Å². The van der Waals surface area contributed by atoms with E-state index in [1.165, 1.54) is 10.5 Å². The van der Waals surface area contributed by atoms with E-state index in [2.05, 4.69) is 57.4 Å². The fourth-order valence-corrected chi connectivity index (χ4v) is 5.96. The number of nitriles is 1. The Balaban J connectivity index is 1.04. The maximum Gasteiger partial charge on any atom is 0.255 e. The van der Waals surface area contributed by atoms with Crippen LogP contribution in [0.5, 0.6) is 5.75 Å². The molecule has 0 radical (unpaired) electrons. The Bertz CT molecular complexity index is 1540. The summed E-state index contributed by atoms with van der Waals surface area (Å²) in [6.45, 7) is 6.52. The lowest BCUT2D eigenvalue weighted by Gasteiger charge is -2.39. The molecule has 10 heteroatoms. The number of piperidine rings is 1. The molecule has 0 spiro atoms. The number of hydrogen-bond donors (Lipinski definition) is 1. The summed E-state index contributed by atoms with van der Waals surface area (Å²) in [6.07, 6.45) is 2.32. The number of nitrogens with one attached hydrogen (secondary N) is 1. The van der Waals surface area contributed by atoms with E-state index >= 15 is 0 Å². The number of pyridine rings is 1. The molecule has 214 valence electrons. The Kier molecular flexibility index (Phi) is 7.59. The van der Waals surface area contributed by atoms with Gasteiger partial charge in [0.25, 0.3) is 5.91 Å². The van der Waals surface area contributed by atoms with Crippen molar-refractivity contribution in [2.75, 3.05) is 31.1 Å². The van der Waals surface area contributed by atoms with E-state index in [-0.39, 0.29) is 30.8 Å². The Morgan fingerprint density at radius 2 is 1.83 bits per heavy atom. The van der Waals surface area contributed by atoms with E-state index in [1.807, 2.05) is 12.1 Å². The first-order valence-corrected chi connectivity index (χ1v) is 14.2. The monoisotopic (exact) mass is 564 g/mol. The molecule has 1 aromatic heterocycles. The smallest absolute Gasteiger partial charge is 0.255 e. The second kappa shape index (κ2) is 11.6. The van der Waals surface area contributed by atoms with E-state index in [4.69, 9.17) is 10.00 Å². The third-order valence-corrected chi connectivity index (χ3v) is 8.49. The van der Waals surface area contributed by atoms with Crippen LogP contribution in [0.25, 0.3) is 0 Å². The summed E-state index contributed by atoms with van der Waals surface area (Å²) in [7, 11) is 0. The molecule has 0 saturated carbocycles. The first-order valence-electron chi connectivity index (χ1n) is 14.2. The zero-order valence-electron chi connectivity index (χ0n) is 23.5. The molecule has 3 amide bonds. The summed E-state index contributed by atoms with van der Waals surface area (Å²) in [4.78, 5) is 47.5. The minimum atomic E-state index is -0.652. The molecule has 0 unspecified atom stereocenters. The standard InChI is InChI=1S/C32H32N6O4/c1-21(36-13-15-37(16-14-36)25-10-9-24(17-33)34-18-25)23-7-5-22(6-8-23)20-42-29-4-2-3-26-27(29)19-38(32(26)41)28-11-12-30(39)35-31(28)40/h2-10,18,21,28H,11-16,19-20H2,1H3,(H,35,39,40)/t21-,28+/m1/s1. The molecule has 3 aromatic rings. The van der Waals surface area contributed by atoms with Crippen molar-refractivity contribution in [2.45, 2.75) is 45.0 Å². The van der Waals surface area contributed by atoms with Gasteiger partial charge >= 0.3 is 0 Å². The third-order valence-electron chi connectivity index (χ3n) is 8.49. The highest BCUT2D eigenvalue weighted by molar-refractivity contribution is 6.05. The second-order valence-corrected chi connectivity index (χ2v) is 10.9. The average molecular weight is 565 g/mol. The van der Waals surface area contributed by atoms with Crippen LogP contribution in [-0.4, -0.2) is 64.7 Å².